The highest BCUT2D eigenvalue weighted by Gasteiger charge is 2.17. The topological polar surface area (TPSA) is 70.1 Å². The summed E-state index contributed by atoms with van der Waals surface area (Å²) in [6.45, 7) is 4.01. The van der Waals surface area contributed by atoms with Crippen LogP contribution in [0.3, 0.4) is 0 Å². The number of aromatic nitrogens is 2. The number of esters is 1. The van der Waals surface area contributed by atoms with E-state index in [1.165, 1.54) is 0 Å². The van der Waals surface area contributed by atoms with E-state index < -0.39 is 0 Å². The van der Waals surface area contributed by atoms with Gasteiger partial charge in [-0.3, -0.25) is 4.79 Å². The lowest BCUT2D eigenvalue weighted by Crippen LogP contribution is -2.13. The van der Waals surface area contributed by atoms with E-state index in [4.69, 9.17) is 10.5 Å². The summed E-state index contributed by atoms with van der Waals surface area (Å²) in [4.78, 5) is 13.0. The van der Waals surface area contributed by atoms with E-state index in [0.29, 0.717) is 12.4 Å². The SMILES string of the molecule is CCOC(=O)C(C)c1cccc(-n2nc(-c3cccs3)cc2N)c1. The molecular weight excluding hydrogens is 322 g/mol. The van der Waals surface area contributed by atoms with Gasteiger partial charge in [0, 0.05) is 6.07 Å². The minimum Gasteiger partial charge on any atom is -0.466 e. The first kappa shape index (κ1) is 16.3. The van der Waals surface area contributed by atoms with Crippen molar-refractivity contribution < 1.29 is 9.53 Å². The summed E-state index contributed by atoms with van der Waals surface area (Å²) in [6, 6.07) is 13.5. The van der Waals surface area contributed by atoms with Gasteiger partial charge < -0.3 is 10.5 Å². The molecule has 0 saturated carbocycles. The molecule has 0 aliphatic carbocycles. The van der Waals surface area contributed by atoms with E-state index in [-0.39, 0.29) is 11.9 Å². The van der Waals surface area contributed by atoms with Crippen molar-refractivity contribution in [1.29, 1.82) is 0 Å². The summed E-state index contributed by atoms with van der Waals surface area (Å²) in [5.74, 6) is -0.0137. The number of nitrogens with zero attached hydrogens (tertiary/aromatic N) is 2. The van der Waals surface area contributed by atoms with Gasteiger partial charge in [0.05, 0.1) is 23.1 Å². The molecular formula is C18H19N3O2S. The zero-order valence-electron chi connectivity index (χ0n) is 13.6. The Hall–Kier alpha value is -2.60. The number of hydrogen-bond acceptors (Lipinski definition) is 5. The third kappa shape index (κ3) is 3.19. The van der Waals surface area contributed by atoms with Crippen LogP contribution < -0.4 is 5.73 Å². The molecule has 5 nitrogen and oxygen atoms in total. The first-order chi connectivity index (χ1) is 11.6. The fourth-order valence-corrected chi connectivity index (χ4v) is 3.16. The van der Waals surface area contributed by atoms with Crippen molar-refractivity contribution in [2.75, 3.05) is 12.3 Å². The van der Waals surface area contributed by atoms with Gasteiger partial charge in [-0.1, -0.05) is 18.2 Å². The highest BCUT2D eigenvalue weighted by molar-refractivity contribution is 7.13. The molecule has 0 spiro atoms. The first-order valence-corrected chi connectivity index (χ1v) is 8.64. The number of thiophene rings is 1. The lowest BCUT2D eigenvalue weighted by Gasteiger charge is -2.12. The summed E-state index contributed by atoms with van der Waals surface area (Å²) in [5.41, 5.74) is 8.66. The predicted molar refractivity (Wildman–Crippen MR) is 96.3 cm³/mol. The molecule has 2 N–H and O–H groups in total. The molecule has 3 aromatic rings. The molecule has 0 aliphatic rings. The number of carbonyl (C=O) groups is 1. The van der Waals surface area contributed by atoms with Crippen LogP contribution in [0.5, 0.6) is 0 Å². The second-order valence-electron chi connectivity index (χ2n) is 5.41. The first-order valence-electron chi connectivity index (χ1n) is 7.76. The standard InChI is InChI=1S/C18H19N3O2S/c1-3-23-18(22)12(2)13-6-4-7-14(10-13)21-17(19)11-15(20-21)16-8-5-9-24-16/h4-12H,3,19H2,1-2H3. The smallest absolute Gasteiger partial charge is 0.313 e. The van der Waals surface area contributed by atoms with Gasteiger partial charge in [-0.05, 0) is 43.0 Å². The number of anilines is 1. The zero-order chi connectivity index (χ0) is 17.1. The Kier molecular flexibility index (Phi) is 4.66. The largest absolute Gasteiger partial charge is 0.466 e. The Morgan fingerprint density at radius 2 is 2.17 bits per heavy atom. The Bertz CT molecular complexity index is 840. The molecule has 124 valence electrons. The van der Waals surface area contributed by atoms with Crippen LogP contribution in [0, 0.1) is 0 Å². The quantitative estimate of drug-likeness (QED) is 0.716. The van der Waals surface area contributed by atoms with E-state index in [0.717, 1.165) is 21.8 Å². The van der Waals surface area contributed by atoms with Gasteiger partial charge in [-0.15, -0.1) is 11.3 Å². The van der Waals surface area contributed by atoms with E-state index in [1.807, 2.05) is 54.8 Å². The molecule has 1 unspecified atom stereocenters. The molecule has 0 radical (unpaired) electrons. The minimum absolute atomic E-state index is 0.234. The molecule has 2 aromatic heterocycles. The average Bonchev–Trinajstić information content (AvgIpc) is 3.24. The van der Waals surface area contributed by atoms with Crippen LogP contribution in [0.25, 0.3) is 16.3 Å². The second kappa shape index (κ2) is 6.88. The van der Waals surface area contributed by atoms with Gasteiger partial charge in [-0.25, -0.2) is 4.68 Å². The molecule has 2 heterocycles. The van der Waals surface area contributed by atoms with Crippen molar-refractivity contribution in [3.05, 3.63) is 53.4 Å². The van der Waals surface area contributed by atoms with Gasteiger partial charge >= 0.3 is 5.97 Å². The van der Waals surface area contributed by atoms with Crippen molar-refractivity contribution in [1.82, 2.24) is 9.78 Å². The van der Waals surface area contributed by atoms with E-state index in [2.05, 4.69) is 5.10 Å². The average molecular weight is 341 g/mol. The maximum Gasteiger partial charge on any atom is 0.313 e. The minimum atomic E-state index is -0.335. The molecule has 0 amide bonds. The maximum atomic E-state index is 11.9. The summed E-state index contributed by atoms with van der Waals surface area (Å²) in [6.07, 6.45) is 0. The fraction of sp³-hybridized carbons (Fsp3) is 0.222. The molecule has 24 heavy (non-hydrogen) atoms. The predicted octanol–water partition coefficient (Wildman–Crippen LogP) is 3.85. The number of rotatable bonds is 5. The summed E-state index contributed by atoms with van der Waals surface area (Å²) >= 11 is 1.62. The van der Waals surface area contributed by atoms with Gasteiger partial charge in [0.25, 0.3) is 0 Å². The van der Waals surface area contributed by atoms with Crippen LogP contribution in [-0.2, 0) is 9.53 Å². The molecule has 3 rings (SSSR count). The van der Waals surface area contributed by atoms with Gasteiger partial charge in [0.15, 0.2) is 0 Å². The highest BCUT2D eigenvalue weighted by Crippen LogP contribution is 2.27. The van der Waals surface area contributed by atoms with Crippen LogP contribution >= 0.6 is 11.3 Å². The molecule has 1 aromatic carbocycles. The molecule has 0 bridgehead atoms. The summed E-state index contributed by atoms with van der Waals surface area (Å²) in [7, 11) is 0. The van der Waals surface area contributed by atoms with Crippen LogP contribution in [0.4, 0.5) is 5.82 Å². The Labute approximate surface area is 144 Å². The number of ether oxygens (including phenoxy) is 1. The lowest BCUT2D eigenvalue weighted by atomic mass is 10.0. The normalized spacial score (nSPS) is 12.1. The van der Waals surface area contributed by atoms with Crippen LogP contribution in [0.15, 0.2) is 47.8 Å². The number of nitrogens with two attached hydrogens (primary N) is 1. The Balaban J connectivity index is 1.93. The van der Waals surface area contributed by atoms with Crippen LogP contribution in [-0.4, -0.2) is 22.4 Å². The molecule has 0 fully saturated rings. The van der Waals surface area contributed by atoms with E-state index in [1.54, 1.807) is 22.9 Å². The van der Waals surface area contributed by atoms with Crippen molar-refractivity contribution in [2.45, 2.75) is 19.8 Å². The van der Waals surface area contributed by atoms with Crippen LogP contribution in [0.2, 0.25) is 0 Å². The van der Waals surface area contributed by atoms with Crippen molar-refractivity contribution >= 4 is 23.1 Å². The maximum absolute atomic E-state index is 11.9. The summed E-state index contributed by atoms with van der Waals surface area (Å²) < 4.78 is 6.79. The number of hydrogen-bond donors (Lipinski definition) is 1. The Morgan fingerprint density at radius 3 is 2.88 bits per heavy atom. The molecule has 0 saturated heterocycles. The lowest BCUT2D eigenvalue weighted by molar-refractivity contribution is -0.144. The third-order valence-corrected chi connectivity index (χ3v) is 4.66. The van der Waals surface area contributed by atoms with Crippen LogP contribution in [0.1, 0.15) is 25.3 Å². The highest BCUT2D eigenvalue weighted by atomic mass is 32.1. The monoisotopic (exact) mass is 341 g/mol. The molecule has 0 aliphatic heterocycles. The zero-order valence-corrected chi connectivity index (χ0v) is 14.4. The Morgan fingerprint density at radius 1 is 1.33 bits per heavy atom. The third-order valence-electron chi connectivity index (χ3n) is 3.77. The van der Waals surface area contributed by atoms with E-state index in [9.17, 15) is 4.79 Å². The summed E-state index contributed by atoms with van der Waals surface area (Å²) in [5, 5.41) is 6.60. The molecule has 6 heteroatoms. The van der Waals surface area contributed by atoms with Gasteiger partial charge in [0.2, 0.25) is 0 Å². The number of nitrogen functional groups attached to an aromatic ring is 1. The number of carbonyl (C=O) groups excluding carboxylic acids is 1. The van der Waals surface area contributed by atoms with Crippen molar-refractivity contribution in [2.24, 2.45) is 0 Å². The fourth-order valence-electron chi connectivity index (χ4n) is 2.48. The van der Waals surface area contributed by atoms with E-state index >= 15 is 0 Å². The number of benzene rings is 1. The van der Waals surface area contributed by atoms with Crippen molar-refractivity contribution in [3.63, 3.8) is 0 Å². The molecule has 1 atom stereocenters. The van der Waals surface area contributed by atoms with Crippen molar-refractivity contribution in [3.8, 4) is 16.3 Å². The second-order valence-corrected chi connectivity index (χ2v) is 6.36. The van der Waals surface area contributed by atoms with Gasteiger partial charge in [0.1, 0.15) is 11.5 Å². The van der Waals surface area contributed by atoms with Gasteiger partial charge in [-0.2, -0.15) is 5.10 Å².